The lowest BCUT2D eigenvalue weighted by Crippen LogP contribution is -2.61. The molecule has 1 aromatic heterocycles. The van der Waals surface area contributed by atoms with Crippen molar-refractivity contribution in [1.82, 2.24) is 14.5 Å². The van der Waals surface area contributed by atoms with Gasteiger partial charge in [0.25, 0.3) is 0 Å². The highest BCUT2D eigenvalue weighted by atomic mass is 16.7. The molecule has 18 atom stereocenters. The van der Waals surface area contributed by atoms with E-state index in [0.29, 0.717) is 31.5 Å². The summed E-state index contributed by atoms with van der Waals surface area (Å²) in [5, 5.41) is 57.9. The number of aryl methyl sites for hydroxylation is 1. The third-order valence-electron chi connectivity index (χ3n) is 16.2. The Hall–Kier alpha value is -3.35. The first-order valence-electron chi connectivity index (χ1n) is 26.8. The van der Waals surface area contributed by atoms with Crippen LogP contribution in [0.4, 0.5) is 0 Å². The van der Waals surface area contributed by atoms with Crippen LogP contribution >= 0.6 is 0 Å². The molecule has 1 aromatic carbocycles. The van der Waals surface area contributed by atoms with Crippen LogP contribution in [0.5, 0.6) is 0 Å². The molecular weight excluding hydrogens is 975 g/mol. The fourth-order valence-corrected chi connectivity index (χ4v) is 11.7. The van der Waals surface area contributed by atoms with Crippen LogP contribution in [-0.2, 0) is 49.1 Å². The summed E-state index contributed by atoms with van der Waals surface area (Å²) in [7, 11) is 8.60. The molecule has 5 N–H and O–H groups in total. The second-order valence-electron chi connectivity index (χ2n) is 22.6. The normalized spacial score (nSPS) is 38.0. The number of esters is 1. The van der Waals surface area contributed by atoms with Crippen LogP contribution in [0.3, 0.4) is 0 Å². The number of fused-ring (bicyclic) bond motifs is 1. The van der Waals surface area contributed by atoms with Gasteiger partial charge in [-0.2, -0.15) is 4.73 Å². The number of likely N-dealkylation sites (N-methyl/N-ethyl adjacent to an activating group) is 2. The maximum absolute atomic E-state index is 14.6. The zero-order valence-electron chi connectivity index (χ0n) is 47.2. The number of carbonyl (C=O) groups is 2. The van der Waals surface area contributed by atoms with Gasteiger partial charge in [-0.05, 0) is 132 Å². The summed E-state index contributed by atoms with van der Waals surface area (Å²) in [6.45, 7) is 19.3. The molecule has 0 aliphatic carbocycles. The number of carboxylic acids is 1. The minimum absolute atomic E-state index is 0.171. The first-order chi connectivity index (χ1) is 35.1. The van der Waals surface area contributed by atoms with Gasteiger partial charge in [-0.25, -0.2) is 4.79 Å². The van der Waals surface area contributed by atoms with E-state index in [0.717, 1.165) is 18.4 Å². The fraction of sp³-hybridized carbons (Fsp3) is 0.800. The number of aromatic nitrogens is 1. The molecule has 0 spiro atoms. The summed E-state index contributed by atoms with van der Waals surface area (Å²) in [5.41, 5.74) is -3.97. The Bertz CT molecular complexity index is 2230. The van der Waals surface area contributed by atoms with Gasteiger partial charge in [0.05, 0.1) is 71.8 Å². The smallest absolute Gasteiger partial charge is 0.341 e. The highest BCUT2D eigenvalue weighted by Gasteiger charge is 2.53. The molecule has 20 heteroatoms. The van der Waals surface area contributed by atoms with E-state index in [1.807, 2.05) is 71.6 Å². The van der Waals surface area contributed by atoms with E-state index in [9.17, 15) is 39.9 Å². The van der Waals surface area contributed by atoms with E-state index in [1.165, 1.54) is 25.0 Å². The number of nitrogens with zero attached hydrogens (tertiary/aromatic N) is 3. The monoisotopic (exact) mass is 1070 g/mol. The standard InChI is InChI=1S/C55H91N3O17/c1-16-42-55(10,66)47(61)35(6)57(13)29-31(2)27-53(8,65)48(75-52-45(60)41(56(11)12)25-32(3)71-52)33(4)46(34(5)51(64)73-42)74-43-28-54(9,67-14)49(36(7)72-43)70-24-23-69-22-18-17-19-37-20-21-40-38(26-37)44(59)39(50(62)63)30-58(40)68-15/h20-21,26,30-36,41-43,45-49,52,60-61,65-66H,16-19,22-25,27-29H2,1-15H3,(H,62,63)/t31-,32-,33+,34-,35-,36+,41+,42-,43+,45-,46+,47-,48-,49+,52+,53-,54-,55-/m1/s1. The van der Waals surface area contributed by atoms with Crippen LogP contribution in [0.1, 0.15) is 124 Å². The van der Waals surface area contributed by atoms with E-state index >= 15 is 0 Å². The molecule has 0 radical (unpaired) electrons. The van der Waals surface area contributed by atoms with Crippen molar-refractivity contribution in [2.24, 2.45) is 17.8 Å². The van der Waals surface area contributed by atoms with Crippen molar-refractivity contribution in [2.45, 2.75) is 204 Å². The topological polar surface area (TPSA) is 247 Å². The predicted molar refractivity (Wildman–Crippen MR) is 279 cm³/mol. The van der Waals surface area contributed by atoms with Crippen molar-refractivity contribution in [2.75, 3.05) is 61.7 Å². The molecule has 0 unspecified atom stereocenters. The third-order valence-corrected chi connectivity index (χ3v) is 16.2. The highest BCUT2D eigenvalue weighted by molar-refractivity contribution is 5.92. The number of carboxylic acid groups (broad SMARTS) is 1. The van der Waals surface area contributed by atoms with Gasteiger partial charge in [0.15, 0.2) is 12.6 Å². The van der Waals surface area contributed by atoms with Gasteiger partial charge in [-0.1, -0.05) is 26.8 Å². The lowest BCUT2D eigenvalue weighted by Gasteiger charge is -2.49. The lowest BCUT2D eigenvalue weighted by molar-refractivity contribution is -0.321. The number of pyridine rings is 1. The van der Waals surface area contributed by atoms with Crippen molar-refractivity contribution in [1.29, 1.82) is 0 Å². The first kappa shape index (κ1) is 62.5. The molecule has 3 aliphatic heterocycles. The predicted octanol–water partition coefficient (Wildman–Crippen LogP) is 4.04. The summed E-state index contributed by atoms with van der Waals surface area (Å²) in [6.07, 6.45) is -4.75. The van der Waals surface area contributed by atoms with Crippen molar-refractivity contribution in [3.05, 3.63) is 45.7 Å². The number of hydrogen-bond donors (Lipinski definition) is 5. The summed E-state index contributed by atoms with van der Waals surface area (Å²) >= 11 is 0. The van der Waals surface area contributed by atoms with Gasteiger partial charge in [0.1, 0.15) is 42.7 Å². The minimum Gasteiger partial charge on any atom is -0.477 e. The molecule has 0 saturated carbocycles. The maximum atomic E-state index is 14.6. The zero-order valence-corrected chi connectivity index (χ0v) is 47.2. The number of unbranched alkanes of at least 4 members (excludes halogenated alkanes) is 1. The maximum Gasteiger partial charge on any atom is 0.341 e. The number of aliphatic hydroxyl groups excluding tert-OH is 2. The molecule has 2 aromatic rings. The van der Waals surface area contributed by atoms with Crippen molar-refractivity contribution < 1.29 is 77.9 Å². The first-order valence-corrected chi connectivity index (χ1v) is 26.8. The number of ether oxygens (including phenoxy) is 8. The summed E-state index contributed by atoms with van der Waals surface area (Å²) in [6, 6.07) is 4.47. The van der Waals surface area contributed by atoms with Crippen LogP contribution < -0.4 is 10.3 Å². The number of rotatable bonds is 18. The average Bonchev–Trinajstić information content (AvgIpc) is 3.34. The van der Waals surface area contributed by atoms with Gasteiger partial charge in [-0.3, -0.25) is 9.59 Å². The fourth-order valence-electron chi connectivity index (χ4n) is 11.7. The lowest BCUT2D eigenvalue weighted by atomic mass is 9.77. The third kappa shape index (κ3) is 14.9. The molecule has 5 rings (SSSR count). The number of benzene rings is 1. The van der Waals surface area contributed by atoms with Gasteiger partial charge >= 0.3 is 11.9 Å². The molecular formula is C55H91N3O17. The summed E-state index contributed by atoms with van der Waals surface area (Å²) in [5.74, 6) is -4.05. The van der Waals surface area contributed by atoms with Gasteiger partial charge in [0, 0.05) is 44.7 Å². The number of aliphatic hydroxyl groups is 4. The minimum atomic E-state index is -1.84. The molecule has 75 heavy (non-hydrogen) atoms. The average molecular weight is 1070 g/mol. The van der Waals surface area contributed by atoms with Crippen LogP contribution in [0.15, 0.2) is 29.2 Å². The van der Waals surface area contributed by atoms with Gasteiger partial charge < -0.3 is 78.1 Å². The number of aromatic carboxylic acids is 1. The van der Waals surface area contributed by atoms with Crippen molar-refractivity contribution >= 4 is 22.8 Å². The molecule has 3 aliphatic rings. The summed E-state index contributed by atoms with van der Waals surface area (Å²) < 4.78 is 52.6. The van der Waals surface area contributed by atoms with E-state index < -0.39 is 107 Å². The van der Waals surface area contributed by atoms with Gasteiger partial charge in [0.2, 0.25) is 5.43 Å². The Morgan fingerprint density at radius 3 is 2.24 bits per heavy atom. The Morgan fingerprint density at radius 1 is 0.920 bits per heavy atom. The number of methoxy groups -OCH3 is 1. The second-order valence-corrected chi connectivity index (χ2v) is 22.6. The van der Waals surface area contributed by atoms with Crippen LogP contribution in [0.2, 0.25) is 0 Å². The molecule has 3 fully saturated rings. The molecule has 4 heterocycles. The largest absolute Gasteiger partial charge is 0.477 e. The zero-order chi connectivity index (χ0) is 55.9. The van der Waals surface area contributed by atoms with Crippen molar-refractivity contribution in [3.8, 4) is 0 Å². The number of carbonyl (C=O) groups excluding carboxylic acids is 1. The second kappa shape index (κ2) is 26.5. The molecule has 428 valence electrons. The van der Waals surface area contributed by atoms with E-state index in [1.54, 1.807) is 46.9 Å². The van der Waals surface area contributed by atoms with Gasteiger partial charge in [-0.15, -0.1) is 0 Å². The van der Waals surface area contributed by atoms with E-state index in [-0.39, 0.29) is 61.5 Å². The Morgan fingerprint density at radius 2 is 1.61 bits per heavy atom. The molecule has 3 saturated heterocycles. The summed E-state index contributed by atoms with van der Waals surface area (Å²) in [4.78, 5) is 48.3. The highest BCUT2D eigenvalue weighted by Crippen LogP contribution is 2.41. The molecule has 20 nitrogen and oxygen atoms in total. The van der Waals surface area contributed by atoms with Crippen LogP contribution in [0.25, 0.3) is 10.9 Å². The quantitative estimate of drug-likeness (QED) is 0.104. The van der Waals surface area contributed by atoms with E-state index in [4.69, 9.17) is 42.7 Å². The molecule has 0 amide bonds. The number of cyclic esters (lactones) is 1. The Kier molecular flexibility index (Phi) is 22.1. The van der Waals surface area contributed by atoms with Crippen LogP contribution in [0, 0.1) is 17.8 Å². The Labute approximate surface area is 443 Å². The van der Waals surface area contributed by atoms with Crippen molar-refractivity contribution in [3.63, 3.8) is 0 Å². The SMILES string of the molecule is CC[C@H]1OC(=O)[C@H](C)[C@@H](O[C@H]2C[C@@](C)(OC)[C@@H](OCCOCCCCc3ccc4c(c3)c(=O)c(C(=O)O)cn4OC)[C@H](C)O2)[C@H](C)[C@@H](O[C@@H]2O[C@H](C)C[C@H](N(C)C)[C@H]2O)[C@](C)(O)C[C@@H](C)CN(C)[C@H](C)[C@@H](O)[C@]1(C)O. The van der Waals surface area contributed by atoms with Crippen LogP contribution in [-0.4, -0.2) is 204 Å². The molecule has 0 bridgehead atoms. The number of hydrogen-bond acceptors (Lipinski definition) is 18. The van der Waals surface area contributed by atoms with E-state index in [2.05, 4.69) is 0 Å². The Balaban J connectivity index is 1.32.